The molecular formula is C12H13BrN2O4. The number of nitro groups is 1. The summed E-state index contributed by atoms with van der Waals surface area (Å²) in [6.07, 6.45) is 1.96. The van der Waals surface area contributed by atoms with Gasteiger partial charge in [0.15, 0.2) is 0 Å². The van der Waals surface area contributed by atoms with Crippen LogP contribution in [0, 0.1) is 10.1 Å². The van der Waals surface area contributed by atoms with Gasteiger partial charge < -0.3 is 10.1 Å². The zero-order valence-corrected chi connectivity index (χ0v) is 11.7. The second-order valence-corrected chi connectivity index (χ2v) is 4.34. The summed E-state index contributed by atoms with van der Waals surface area (Å²) in [5, 5.41) is 13.4. The van der Waals surface area contributed by atoms with Crippen LogP contribution < -0.4 is 5.32 Å². The zero-order valence-electron chi connectivity index (χ0n) is 10.1. The van der Waals surface area contributed by atoms with E-state index in [1.807, 2.05) is 0 Å². The summed E-state index contributed by atoms with van der Waals surface area (Å²) in [7, 11) is 0. The minimum Gasteiger partial charge on any atom is -0.502 e. The van der Waals surface area contributed by atoms with Gasteiger partial charge in [0.25, 0.3) is 11.6 Å². The van der Waals surface area contributed by atoms with Crippen LogP contribution in [0.1, 0.15) is 16.8 Å². The van der Waals surface area contributed by atoms with Crippen molar-refractivity contribution >= 4 is 27.5 Å². The van der Waals surface area contributed by atoms with Gasteiger partial charge >= 0.3 is 0 Å². The standard InChI is InChI=1S/C12H13BrN2O4/c1-2-19-8-4-7-14-12(16)9-5-3-6-10(11(9)13)15(17)18/h2-3,5-6H,1,4,7-8H2,(H,14,16). The van der Waals surface area contributed by atoms with Gasteiger partial charge in [0.2, 0.25) is 0 Å². The fourth-order valence-corrected chi connectivity index (χ4v) is 1.96. The Morgan fingerprint density at radius 1 is 1.58 bits per heavy atom. The molecule has 1 N–H and O–H groups in total. The van der Waals surface area contributed by atoms with Gasteiger partial charge in [0.05, 0.1) is 23.4 Å². The molecule has 0 fully saturated rings. The lowest BCUT2D eigenvalue weighted by Crippen LogP contribution is -2.25. The smallest absolute Gasteiger partial charge is 0.284 e. The number of amides is 1. The average molecular weight is 329 g/mol. The van der Waals surface area contributed by atoms with Crippen molar-refractivity contribution in [2.75, 3.05) is 13.2 Å². The highest BCUT2D eigenvalue weighted by molar-refractivity contribution is 9.10. The molecule has 1 amide bonds. The molecule has 0 atom stereocenters. The Morgan fingerprint density at radius 3 is 2.95 bits per heavy atom. The molecule has 0 aliphatic carbocycles. The van der Waals surface area contributed by atoms with E-state index in [0.29, 0.717) is 19.6 Å². The number of ether oxygens (including phenoxy) is 1. The molecule has 6 nitrogen and oxygen atoms in total. The van der Waals surface area contributed by atoms with Crippen molar-refractivity contribution < 1.29 is 14.5 Å². The van der Waals surface area contributed by atoms with Gasteiger partial charge in [-0.3, -0.25) is 14.9 Å². The average Bonchev–Trinajstić information content (AvgIpc) is 2.38. The van der Waals surface area contributed by atoms with Gasteiger partial charge in [-0.05, 0) is 28.4 Å². The SMILES string of the molecule is C=COCCCNC(=O)c1cccc([N+](=O)[O-])c1Br. The summed E-state index contributed by atoms with van der Waals surface area (Å²) >= 11 is 3.08. The topological polar surface area (TPSA) is 81.5 Å². The molecule has 0 aliphatic rings. The van der Waals surface area contributed by atoms with E-state index in [-0.39, 0.29) is 21.6 Å². The van der Waals surface area contributed by atoms with Crippen molar-refractivity contribution in [1.82, 2.24) is 5.32 Å². The Balaban J connectivity index is 2.64. The number of halogens is 1. The van der Waals surface area contributed by atoms with Crippen LogP contribution in [0.25, 0.3) is 0 Å². The van der Waals surface area contributed by atoms with Crippen LogP contribution in [0.4, 0.5) is 5.69 Å². The molecule has 0 saturated heterocycles. The number of rotatable bonds is 7. The van der Waals surface area contributed by atoms with E-state index >= 15 is 0 Å². The molecule has 1 aromatic rings. The van der Waals surface area contributed by atoms with E-state index in [9.17, 15) is 14.9 Å². The third-order valence-electron chi connectivity index (χ3n) is 2.26. The van der Waals surface area contributed by atoms with Crippen LogP contribution in [0.2, 0.25) is 0 Å². The molecule has 0 radical (unpaired) electrons. The first-order chi connectivity index (χ1) is 9.07. The summed E-state index contributed by atoms with van der Waals surface area (Å²) in [5.41, 5.74) is 0.0986. The first kappa shape index (κ1) is 15.2. The number of nitrogens with zero attached hydrogens (tertiary/aromatic N) is 1. The molecule has 0 aromatic heterocycles. The fraction of sp³-hybridized carbons (Fsp3) is 0.250. The normalized spacial score (nSPS) is 9.74. The Morgan fingerprint density at radius 2 is 2.32 bits per heavy atom. The van der Waals surface area contributed by atoms with Crippen molar-refractivity contribution in [1.29, 1.82) is 0 Å². The molecular weight excluding hydrogens is 316 g/mol. The lowest BCUT2D eigenvalue weighted by Gasteiger charge is -2.07. The number of benzene rings is 1. The van der Waals surface area contributed by atoms with E-state index in [2.05, 4.69) is 27.8 Å². The quantitative estimate of drug-likeness (QED) is 0.361. The van der Waals surface area contributed by atoms with Gasteiger partial charge in [0.1, 0.15) is 4.47 Å². The van der Waals surface area contributed by atoms with Crippen molar-refractivity contribution in [3.8, 4) is 0 Å². The molecule has 0 saturated carbocycles. The van der Waals surface area contributed by atoms with E-state index in [1.54, 1.807) is 0 Å². The largest absolute Gasteiger partial charge is 0.502 e. The van der Waals surface area contributed by atoms with Gasteiger partial charge in [-0.25, -0.2) is 0 Å². The van der Waals surface area contributed by atoms with Crippen LogP contribution in [0.5, 0.6) is 0 Å². The highest BCUT2D eigenvalue weighted by Gasteiger charge is 2.18. The zero-order chi connectivity index (χ0) is 14.3. The Kier molecular flexibility index (Phi) is 6.01. The molecule has 19 heavy (non-hydrogen) atoms. The van der Waals surface area contributed by atoms with Crippen LogP contribution in [0.3, 0.4) is 0 Å². The first-order valence-electron chi connectivity index (χ1n) is 5.51. The molecule has 0 aliphatic heterocycles. The van der Waals surface area contributed by atoms with Gasteiger partial charge in [-0.2, -0.15) is 0 Å². The monoisotopic (exact) mass is 328 g/mol. The minimum absolute atomic E-state index is 0.136. The molecule has 7 heteroatoms. The lowest BCUT2D eigenvalue weighted by atomic mass is 10.2. The highest BCUT2D eigenvalue weighted by Crippen LogP contribution is 2.28. The summed E-state index contributed by atoms with van der Waals surface area (Å²) in [6.45, 7) is 4.28. The Bertz CT molecular complexity index is 491. The number of hydrogen-bond acceptors (Lipinski definition) is 4. The number of carbonyl (C=O) groups excluding carboxylic acids is 1. The first-order valence-corrected chi connectivity index (χ1v) is 6.31. The molecule has 1 aromatic carbocycles. The van der Waals surface area contributed by atoms with E-state index in [1.165, 1.54) is 24.5 Å². The summed E-state index contributed by atoms with van der Waals surface area (Å²) < 4.78 is 5.09. The number of nitro benzene ring substituents is 1. The van der Waals surface area contributed by atoms with Crippen LogP contribution in [0.15, 0.2) is 35.5 Å². The fourth-order valence-electron chi connectivity index (χ4n) is 1.37. The van der Waals surface area contributed by atoms with E-state index < -0.39 is 4.92 Å². The van der Waals surface area contributed by atoms with Gasteiger partial charge in [-0.15, -0.1) is 0 Å². The predicted molar refractivity (Wildman–Crippen MR) is 73.9 cm³/mol. The Labute approximate surface area is 118 Å². The van der Waals surface area contributed by atoms with Crippen molar-refractivity contribution in [3.63, 3.8) is 0 Å². The minimum atomic E-state index is -0.543. The van der Waals surface area contributed by atoms with Crippen molar-refractivity contribution in [2.24, 2.45) is 0 Å². The van der Waals surface area contributed by atoms with Gasteiger partial charge in [0, 0.05) is 12.6 Å². The van der Waals surface area contributed by atoms with Crippen LogP contribution >= 0.6 is 15.9 Å². The predicted octanol–water partition coefficient (Wildman–Crippen LogP) is 2.64. The van der Waals surface area contributed by atoms with Crippen molar-refractivity contribution in [3.05, 3.63) is 51.2 Å². The van der Waals surface area contributed by atoms with Gasteiger partial charge in [-0.1, -0.05) is 12.6 Å². The highest BCUT2D eigenvalue weighted by atomic mass is 79.9. The second kappa shape index (κ2) is 7.52. The maximum atomic E-state index is 11.8. The molecule has 0 unspecified atom stereocenters. The summed E-state index contributed by atoms with van der Waals surface area (Å²) in [5.74, 6) is -0.367. The van der Waals surface area contributed by atoms with E-state index in [4.69, 9.17) is 4.74 Å². The molecule has 0 spiro atoms. The third-order valence-corrected chi connectivity index (χ3v) is 3.10. The molecule has 0 bridgehead atoms. The lowest BCUT2D eigenvalue weighted by molar-refractivity contribution is -0.385. The van der Waals surface area contributed by atoms with E-state index in [0.717, 1.165) is 0 Å². The number of carbonyl (C=O) groups is 1. The van der Waals surface area contributed by atoms with Crippen LogP contribution in [-0.4, -0.2) is 24.0 Å². The number of hydrogen-bond donors (Lipinski definition) is 1. The third kappa shape index (κ3) is 4.36. The maximum absolute atomic E-state index is 11.8. The Hall–Kier alpha value is -1.89. The summed E-state index contributed by atoms with van der Waals surface area (Å²) in [4.78, 5) is 22.1. The molecule has 1 rings (SSSR count). The maximum Gasteiger partial charge on any atom is 0.284 e. The van der Waals surface area contributed by atoms with Crippen LogP contribution in [-0.2, 0) is 4.74 Å². The molecule has 0 heterocycles. The number of nitrogens with one attached hydrogen (secondary N) is 1. The summed E-state index contributed by atoms with van der Waals surface area (Å²) in [6, 6.07) is 4.32. The molecule has 102 valence electrons. The van der Waals surface area contributed by atoms with Crippen molar-refractivity contribution in [2.45, 2.75) is 6.42 Å². The second-order valence-electron chi connectivity index (χ2n) is 3.54.